The lowest BCUT2D eigenvalue weighted by Gasteiger charge is -2.04. The van der Waals surface area contributed by atoms with E-state index in [9.17, 15) is 9.90 Å². The number of hydrogen-bond donors (Lipinski definition) is 2. The van der Waals surface area contributed by atoms with Gasteiger partial charge < -0.3 is 15.2 Å². The third kappa shape index (κ3) is 5.15. The quantitative estimate of drug-likeness (QED) is 0.825. The summed E-state index contributed by atoms with van der Waals surface area (Å²) in [5.41, 5.74) is 1.42. The van der Waals surface area contributed by atoms with Gasteiger partial charge >= 0.3 is 6.09 Å². The molecule has 4 nitrogen and oxygen atoms in total. The van der Waals surface area contributed by atoms with Crippen molar-refractivity contribution in [1.82, 2.24) is 5.32 Å². The van der Waals surface area contributed by atoms with Gasteiger partial charge in [-0.2, -0.15) is 0 Å². The van der Waals surface area contributed by atoms with Crippen LogP contribution in [0, 0.1) is 11.8 Å². The molecule has 0 fully saturated rings. The first-order valence-corrected chi connectivity index (χ1v) is 7.36. The van der Waals surface area contributed by atoms with Crippen molar-refractivity contribution in [2.45, 2.75) is 6.61 Å². The lowest BCUT2D eigenvalue weighted by atomic mass is 10.2. The lowest BCUT2D eigenvalue weighted by Crippen LogP contribution is -2.24. The Balaban J connectivity index is 1.76. The molecule has 0 spiro atoms. The van der Waals surface area contributed by atoms with Crippen molar-refractivity contribution in [1.29, 1.82) is 0 Å². The van der Waals surface area contributed by atoms with E-state index in [2.05, 4.69) is 33.1 Å². The Hall–Kier alpha value is -2.45. The second kappa shape index (κ2) is 8.11. The molecule has 0 atom stereocenters. The van der Waals surface area contributed by atoms with Gasteiger partial charge in [0.15, 0.2) is 0 Å². The standard InChI is InChI=1S/C17H14BrNO3/c18-15-9-8-14(16(20)11-15)7-4-10-19-17(21)22-12-13-5-2-1-3-6-13/h1-3,5-6,8-9,11,20H,10,12H2,(H,19,21). The van der Waals surface area contributed by atoms with Crippen LogP contribution in [0.1, 0.15) is 11.1 Å². The zero-order chi connectivity index (χ0) is 15.8. The summed E-state index contributed by atoms with van der Waals surface area (Å²) in [7, 11) is 0. The monoisotopic (exact) mass is 359 g/mol. The molecular formula is C17H14BrNO3. The van der Waals surface area contributed by atoms with Gasteiger partial charge in [0, 0.05) is 4.47 Å². The predicted octanol–water partition coefficient (Wildman–Crippen LogP) is 3.43. The van der Waals surface area contributed by atoms with Crippen LogP contribution in [0.2, 0.25) is 0 Å². The average Bonchev–Trinajstić information content (AvgIpc) is 2.52. The zero-order valence-corrected chi connectivity index (χ0v) is 13.3. The number of phenolic OH excluding ortho intramolecular Hbond substituents is 1. The highest BCUT2D eigenvalue weighted by atomic mass is 79.9. The number of phenols is 1. The maximum Gasteiger partial charge on any atom is 0.408 e. The smallest absolute Gasteiger partial charge is 0.408 e. The van der Waals surface area contributed by atoms with Crippen LogP contribution in [0.25, 0.3) is 0 Å². The summed E-state index contributed by atoms with van der Waals surface area (Å²) in [5.74, 6) is 5.62. The molecule has 0 aliphatic heterocycles. The van der Waals surface area contributed by atoms with Gasteiger partial charge in [0.1, 0.15) is 12.4 Å². The van der Waals surface area contributed by atoms with E-state index < -0.39 is 6.09 Å². The van der Waals surface area contributed by atoms with Crippen molar-refractivity contribution in [3.8, 4) is 17.6 Å². The lowest BCUT2D eigenvalue weighted by molar-refractivity contribution is 0.141. The summed E-state index contributed by atoms with van der Waals surface area (Å²) in [6, 6.07) is 14.5. The van der Waals surface area contributed by atoms with Crippen LogP contribution in [0.4, 0.5) is 4.79 Å². The number of amides is 1. The van der Waals surface area contributed by atoms with Gasteiger partial charge in [0.25, 0.3) is 0 Å². The molecule has 2 aromatic carbocycles. The highest BCUT2D eigenvalue weighted by Gasteiger charge is 2.01. The minimum absolute atomic E-state index is 0.0912. The van der Waals surface area contributed by atoms with E-state index in [1.807, 2.05) is 30.3 Å². The molecule has 2 rings (SSSR count). The zero-order valence-electron chi connectivity index (χ0n) is 11.7. The number of rotatable bonds is 3. The first-order chi connectivity index (χ1) is 10.6. The molecule has 0 unspecified atom stereocenters. The summed E-state index contributed by atoms with van der Waals surface area (Å²) >= 11 is 3.25. The maximum absolute atomic E-state index is 11.5. The third-order valence-corrected chi connectivity index (χ3v) is 3.21. The molecule has 0 bridgehead atoms. The SMILES string of the molecule is O=C(NCC#Cc1ccc(Br)cc1O)OCc1ccccc1. The molecule has 0 aromatic heterocycles. The molecule has 5 heteroatoms. The van der Waals surface area contributed by atoms with Gasteiger partial charge in [-0.1, -0.05) is 58.1 Å². The molecule has 0 radical (unpaired) electrons. The summed E-state index contributed by atoms with van der Waals surface area (Å²) in [6.45, 7) is 0.358. The number of hydrogen-bond acceptors (Lipinski definition) is 3. The topological polar surface area (TPSA) is 58.6 Å². The Morgan fingerprint density at radius 1 is 1.23 bits per heavy atom. The average molecular weight is 360 g/mol. The third-order valence-electron chi connectivity index (χ3n) is 2.72. The van der Waals surface area contributed by atoms with E-state index >= 15 is 0 Å². The fraction of sp³-hybridized carbons (Fsp3) is 0.118. The van der Waals surface area contributed by atoms with Crippen molar-refractivity contribution in [3.63, 3.8) is 0 Å². The van der Waals surface area contributed by atoms with Crippen LogP contribution in [0.3, 0.4) is 0 Å². The number of benzene rings is 2. The minimum Gasteiger partial charge on any atom is -0.507 e. The second-order valence-electron chi connectivity index (χ2n) is 4.38. The molecule has 0 saturated carbocycles. The van der Waals surface area contributed by atoms with E-state index in [0.29, 0.717) is 5.56 Å². The van der Waals surface area contributed by atoms with Gasteiger partial charge in [0.2, 0.25) is 0 Å². The summed E-state index contributed by atoms with van der Waals surface area (Å²) in [5, 5.41) is 12.2. The first-order valence-electron chi connectivity index (χ1n) is 6.57. The molecule has 1 amide bonds. The fourth-order valence-corrected chi connectivity index (χ4v) is 1.99. The van der Waals surface area contributed by atoms with E-state index in [1.165, 1.54) is 0 Å². The summed E-state index contributed by atoms with van der Waals surface area (Å²) in [6.07, 6.45) is -0.529. The first kappa shape index (κ1) is 15.9. The van der Waals surface area contributed by atoms with Crippen molar-refractivity contribution in [3.05, 3.63) is 64.1 Å². The van der Waals surface area contributed by atoms with Crippen LogP contribution in [0.15, 0.2) is 53.0 Å². The van der Waals surface area contributed by atoms with Crippen molar-refractivity contribution in [2.24, 2.45) is 0 Å². The van der Waals surface area contributed by atoms with Crippen molar-refractivity contribution >= 4 is 22.0 Å². The van der Waals surface area contributed by atoms with Crippen molar-refractivity contribution < 1.29 is 14.6 Å². The van der Waals surface area contributed by atoms with Crippen LogP contribution < -0.4 is 5.32 Å². The van der Waals surface area contributed by atoms with Gasteiger partial charge in [0.05, 0.1) is 12.1 Å². The Labute approximate surface area is 137 Å². The molecule has 0 aliphatic rings. The number of aromatic hydroxyl groups is 1. The van der Waals surface area contributed by atoms with Crippen LogP contribution in [-0.4, -0.2) is 17.7 Å². The van der Waals surface area contributed by atoms with Crippen molar-refractivity contribution in [2.75, 3.05) is 6.54 Å². The van der Waals surface area contributed by atoms with E-state index in [0.717, 1.165) is 10.0 Å². The maximum atomic E-state index is 11.5. The van der Waals surface area contributed by atoms with Gasteiger partial charge in [-0.25, -0.2) is 4.79 Å². The second-order valence-corrected chi connectivity index (χ2v) is 5.29. The number of carbonyl (C=O) groups is 1. The van der Waals surface area contributed by atoms with Crippen LogP contribution in [-0.2, 0) is 11.3 Å². The molecule has 0 aliphatic carbocycles. The Kier molecular flexibility index (Phi) is 5.87. The molecule has 0 heterocycles. The fourth-order valence-electron chi connectivity index (χ4n) is 1.64. The number of halogens is 1. The van der Waals surface area contributed by atoms with E-state index in [-0.39, 0.29) is 18.9 Å². The van der Waals surface area contributed by atoms with Gasteiger partial charge in [-0.15, -0.1) is 0 Å². The molecular weight excluding hydrogens is 346 g/mol. The summed E-state index contributed by atoms with van der Waals surface area (Å²) in [4.78, 5) is 11.5. The molecule has 112 valence electrons. The summed E-state index contributed by atoms with van der Waals surface area (Å²) < 4.78 is 5.82. The van der Waals surface area contributed by atoms with E-state index in [4.69, 9.17) is 4.74 Å². The number of carbonyl (C=O) groups excluding carboxylic acids is 1. The van der Waals surface area contributed by atoms with Gasteiger partial charge in [-0.05, 0) is 23.8 Å². The largest absolute Gasteiger partial charge is 0.507 e. The molecule has 22 heavy (non-hydrogen) atoms. The Morgan fingerprint density at radius 3 is 2.73 bits per heavy atom. The highest BCUT2D eigenvalue weighted by molar-refractivity contribution is 9.10. The van der Waals surface area contributed by atoms with Gasteiger partial charge in [-0.3, -0.25) is 0 Å². The molecule has 2 N–H and O–H groups in total. The number of nitrogens with one attached hydrogen (secondary N) is 1. The molecule has 0 saturated heterocycles. The number of alkyl carbamates (subject to hydrolysis) is 1. The Morgan fingerprint density at radius 2 is 2.00 bits per heavy atom. The highest BCUT2D eigenvalue weighted by Crippen LogP contribution is 2.21. The Bertz CT molecular complexity index is 705. The van der Waals surface area contributed by atoms with Crippen LogP contribution >= 0.6 is 15.9 Å². The van der Waals surface area contributed by atoms with Crippen LogP contribution in [0.5, 0.6) is 5.75 Å². The normalized spacial score (nSPS) is 9.50. The number of ether oxygens (including phenoxy) is 1. The van der Waals surface area contributed by atoms with E-state index in [1.54, 1.807) is 18.2 Å². The molecule has 2 aromatic rings. The predicted molar refractivity (Wildman–Crippen MR) is 87.3 cm³/mol. The minimum atomic E-state index is -0.529.